The monoisotopic (exact) mass is 265 g/mol. The number of nitrogen functional groups attached to an aromatic ring is 1. The Kier molecular flexibility index (Phi) is 4.77. The lowest BCUT2D eigenvalue weighted by Gasteiger charge is -2.30. The first kappa shape index (κ1) is 14.3. The van der Waals surface area contributed by atoms with E-state index in [0.29, 0.717) is 11.7 Å². The van der Waals surface area contributed by atoms with E-state index in [1.54, 1.807) is 12.1 Å². The summed E-state index contributed by atoms with van der Waals surface area (Å²) in [6.45, 7) is 6.22. The highest BCUT2D eigenvalue weighted by molar-refractivity contribution is 5.46. The quantitative estimate of drug-likeness (QED) is 0.851. The van der Waals surface area contributed by atoms with Crippen molar-refractivity contribution in [1.82, 2.24) is 9.80 Å². The molecule has 106 valence electrons. The van der Waals surface area contributed by atoms with Crippen LogP contribution in [-0.4, -0.2) is 42.5 Å². The van der Waals surface area contributed by atoms with E-state index in [4.69, 9.17) is 5.73 Å². The molecule has 1 fully saturated rings. The lowest BCUT2D eigenvalue weighted by Crippen LogP contribution is -2.39. The topological polar surface area (TPSA) is 32.5 Å². The second kappa shape index (κ2) is 6.35. The number of benzene rings is 1. The van der Waals surface area contributed by atoms with Gasteiger partial charge in [-0.3, -0.25) is 4.90 Å². The molecule has 0 saturated carbocycles. The second-order valence-corrected chi connectivity index (χ2v) is 5.49. The lowest BCUT2D eigenvalue weighted by atomic mass is 10.1. The van der Waals surface area contributed by atoms with Crippen molar-refractivity contribution >= 4 is 5.69 Å². The first-order valence-electron chi connectivity index (χ1n) is 7.06. The molecule has 2 rings (SSSR count). The van der Waals surface area contributed by atoms with E-state index in [1.807, 2.05) is 0 Å². The smallest absolute Gasteiger partial charge is 0.123 e. The molecule has 1 saturated heterocycles. The Bertz CT molecular complexity index is 422. The van der Waals surface area contributed by atoms with Crippen molar-refractivity contribution in [3.63, 3.8) is 0 Å². The summed E-state index contributed by atoms with van der Waals surface area (Å²) in [6, 6.07) is 5.17. The third kappa shape index (κ3) is 3.67. The van der Waals surface area contributed by atoms with Gasteiger partial charge in [0.15, 0.2) is 0 Å². The Labute approximate surface area is 115 Å². The zero-order valence-corrected chi connectivity index (χ0v) is 11.9. The fraction of sp³-hybridized carbons (Fsp3) is 0.600. The molecule has 1 heterocycles. The normalized spacial score (nSPS) is 22.4. The van der Waals surface area contributed by atoms with Crippen LogP contribution in [-0.2, 0) is 6.54 Å². The zero-order valence-electron chi connectivity index (χ0n) is 11.9. The summed E-state index contributed by atoms with van der Waals surface area (Å²) in [5, 5.41) is 0. The summed E-state index contributed by atoms with van der Waals surface area (Å²) in [4.78, 5) is 4.82. The molecule has 0 amide bonds. The minimum Gasteiger partial charge on any atom is -0.398 e. The fourth-order valence-corrected chi connectivity index (χ4v) is 2.82. The Morgan fingerprint density at radius 1 is 1.37 bits per heavy atom. The SMILES string of the molecule is CCC1CN(C)CCCN1Cc1cc(F)ccc1N. The molecule has 19 heavy (non-hydrogen) atoms. The number of nitrogens with zero attached hydrogens (tertiary/aromatic N) is 2. The van der Waals surface area contributed by atoms with Crippen LogP contribution in [0.15, 0.2) is 18.2 Å². The van der Waals surface area contributed by atoms with Gasteiger partial charge in [0.05, 0.1) is 0 Å². The summed E-state index contributed by atoms with van der Waals surface area (Å²) in [5.41, 5.74) is 7.55. The number of hydrogen-bond acceptors (Lipinski definition) is 3. The van der Waals surface area contributed by atoms with Crippen molar-refractivity contribution in [1.29, 1.82) is 0 Å². The van der Waals surface area contributed by atoms with Gasteiger partial charge in [0, 0.05) is 31.4 Å². The van der Waals surface area contributed by atoms with Crippen molar-refractivity contribution in [2.24, 2.45) is 0 Å². The third-order valence-corrected chi connectivity index (χ3v) is 3.97. The minimum absolute atomic E-state index is 0.204. The van der Waals surface area contributed by atoms with Crippen LogP contribution in [0, 0.1) is 5.82 Å². The van der Waals surface area contributed by atoms with Crippen LogP contribution in [0.25, 0.3) is 0 Å². The Balaban J connectivity index is 2.13. The summed E-state index contributed by atoms with van der Waals surface area (Å²) < 4.78 is 13.3. The molecule has 1 aliphatic heterocycles. The molecule has 1 aromatic carbocycles. The van der Waals surface area contributed by atoms with Gasteiger partial charge in [0.1, 0.15) is 5.82 Å². The second-order valence-electron chi connectivity index (χ2n) is 5.49. The Morgan fingerprint density at radius 3 is 2.89 bits per heavy atom. The molecule has 0 aliphatic carbocycles. The van der Waals surface area contributed by atoms with Crippen LogP contribution in [0.5, 0.6) is 0 Å². The van der Waals surface area contributed by atoms with E-state index in [1.165, 1.54) is 6.07 Å². The van der Waals surface area contributed by atoms with Crippen molar-refractivity contribution in [2.45, 2.75) is 32.4 Å². The van der Waals surface area contributed by atoms with Crippen molar-refractivity contribution in [3.8, 4) is 0 Å². The number of likely N-dealkylation sites (N-methyl/N-ethyl adjacent to an activating group) is 1. The number of hydrogen-bond donors (Lipinski definition) is 1. The van der Waals surface area contributed by atoms with Crippen LogP contribution in [0.3, 0.4) is 0 Å². The van der Waals surface area contributed by atoms with Crippen LogP contribution in [0.2, 0.25) is 0 Å². The van der Waals surface area contributed by atoms with Crippen LogP contribution in [0.1, 0.15) is 25.3 Å². The molecule has 0 radical (unpaired) electrons. The van der Waals surface area contributed by atoms with E-state index < -0.39 is 0 Å². The highest BCUT2D eigenvalue weighted by Gasteiger charge is 2.22. The van der Waals surface area contributed by atoms with Crippen molar-refractivity contribution in [2.75, 3.05) is 32.4 Å². The first-order valence-corrected chi connectivity index (χ1v) is 7.06. The predicted molar refractivity (Wildman–Crippen MR) is 77.4 cm³/mol. The van der Waals surface area contributed by atoms with Gasteiger partial charge in [-0.15, -0.1) is 0 Å². The zero-order chi connectivity index (χ0) is 13.8. The van der Waals surface area contributed by atoms with E-state index in [2.05, 4.69) is 23.8 Å². The Hall–Kier alpha value is -1.13. The lowest BCUT2D eigenvalue weighted by molar-refractivity contribution is 0.176. The molecule has 4 heteroatoms. The molecule has 1 aromatic rings. The maximum Gasteiger partial charge on any atom is 0.123 e. The Morgan fingerprint density at radius 2 is 2.16 bits per heavy atom. The number of rotatable bonds is 3. The molecule has 1 aliphatic rings. The largest absolute Gasteiger partial charge is 0.398 e. The maximum atomic E-state index is 13.3. The van der Waals surface area contributed by atoms with Gasteiger partial charge < -0.3 is 10.6 Å². The first-order chi connectivity index (χ1) is 9.10. The van der Waals surface area contributed by atoms with Gasteiger partial charge in [-0.1, -0.05) is 6.92 Å². The van der Waals surface area contributed by atoms with Crippen LogP contribution in [0.4, 0.5) is 10.1 Å². The third-order valence-electron chi connectivity index (χ3n) is 3.97. The van der Waals surface area contributed by atoms with E-state index >= 15 is 0 Å². The highest BCUT2D eigenvalue weighted by atomic mass is 19.1. The number of nitrogens with two attached hydrogens (primary N) is 1. The van der Waals surface area contributed by atoms with Crippen LogP contribution >= 0.6 is 0 Å². The molecule has 3 nitrogen and oxygen atoms in total. The van der Waals surface area contributed by atoms with Gasteiger partial charge >= 0.3 is 0 Å². The van der Waals surface area contributed by atoms with Crippen LogP contribution < -0.4 is 5.73 Å². The molecule has 0 aromatic heterocycles. The molecule has 2 N–H and O–H groups in total. The van der Waals surface area contributed by atoms with E-state index in [-0.39, 0.29) is 5.82 Å². The minimum atomic E-state index is -0.204. The van der Waals surface area contributed by atoms with Crippen molar-refractivity contribution < 1.29 is 4.39 Å². The van der Waals surface area contributed by atoms with E-state index in [9.17, 15) is 4.39 Å². The highest BCUT2D eigenvalue weighted by Crippen LogP contribution is 2.20. The predicted octanol–water partition coefficient (Wildman–Crippen LogP) is 2.32. The molecular weight excluding hydrogens is 241 g/mol. The van der Waals surface area contributed by atoms with E-state index in [0.717, 1.165) is 44.6 Å². The summed E-state index contributed by atoms with van der Waals surface area (Å²) in [6.07, 6.45) is 2.27. The summed E-state index contributed by atoms with van der Waals surface area (Å²) in [7, 11) is 2.17. The van der Waals surface area contributed by atoms with Gasteiger partial charge in [0.2, 0.25) is 0 Å². The maximum absolute atomic E-state index is 13.3. The molecule has 1 atom stereocenters. The summed E-state index contributed by atoms with van der Waals surface area (Å²) in [5.74, 6) is -0.204. The van der Waals surface area contributed by atoms with Gasteiger partial charge in [-0.2, -0.15) is 0 Å². The molecular formula is C15H24FN3. The van der Waals surface area contributed by atoms with Gasteiger partial charge in [-0.05, 0) is 50.2 Å². The average Bonchev–Trinajstić information content (AvgIpc) is 2.55. The number of halogens is 1. The molecule has 0 bridgehead atoms. The fourth-order valence-electron chi connectivity index (χ4n) is 2.82. The average molecular weight is 265 g/mol. The van der Waals surface area contributed by atoms with Gasteiger partial charge in [-0.25, -0.2) is 4.39 Å². The standard InChI is InChI=1S/C15H24FN3/c1-3-14-11-18(2)7-4-8-19(14)10-12-9-13(16)5-6-15(12)17/h5-6,9,14H,3-4,7-8,10-11,17H2,1-2H3. The van der Waals surface area contributed by atoms with Gasteiger partial charge in [0.25, 0.3) is 0 Å². The summed E-state index contributed by atoms with van der Waals surface area (Å²) >= 11 is 0. The molecule has 1 unspecified atom stereocenters. The molecule has 0 spiro atoms. The van der Waals surface area contributed by atoms with Crippen molar-refractivity contribution in [3.05, 3.63) is 29.6 Å². The number of anilines is 1.